The van der Waals surface area contributed by atoms with Crippen LogP contribution in [0.3, 0.4) is 0 Å². The first kappa shape index (κ1) is 25.5. The Kier molecular flexibility index (Phi) is 11.6. The van der Waals surface area contributed by atoms with Gasteiger partial charge in [0.15, 0.2) is 0 Å². The van der Waals surface area contributed by atoms with Crippen molar-refractivity contribution in [1.82, 2.24) is 9.80 Å². The number of nitrogens with zero attached hydrogens (tertiary/aromatic N) is 2. The number of hydrogen-bond acceptors (Lipinski definition) is 2. The van der Waals surface area contributed by atoms with Gasteiger partial charge < -0.3 is 9.80 Å². The lowest BCUT2D eigenvalue weighted by Crippen LogP contribution is -2.37. The number of rotatable bonds is 8. The predicted octanol–water partition coefficient (Wildman–Crippen LogP) is 6.56. The molecule has 0 aromatic carbocycles. The zero-order chi connectivity index (χ0) is 17.6. The van der Waals surface area contributed by atoms with Crippen LogP contribution in [0.4, 0.5) is 0 Å². The van der Waals surface area contributed by atoms with E-state index in [1.807, 2.05) is 0 Å². The van der Waals surface area contributed by atoms with Crippen LogP contribution in [0.1, 0.15) is 97.3 Å². The maximum Gasteiger partial charge on any atom is 0.00385 e. The molecular weight excluding hydrogens is 375 g/mol. The molecule has 0 unspecified atom stereocenters. The summed E-state index contributed by atoms with van der Waals surface area (Å²) >= 11 is 0. The Morgan fingerprint density at radius 3 is 1.85 bits per heavy atom. The minimum atomic E-state index is 0. The van der Waals surface area contributed by atoms with Crippen LogP contribution in [0.2, 0.25) is 0 Å². The van der Waals surface area contributed by atoms with Gasteiger partial charge in [0.05, 0.1) is 0 Å². The topological polar surface area (TPSA) is 6.48 Å². The van der Waals surface area contributed by atoms with E-state index in [2.05, 4.69) is 23.6 Å². The van der Waals surface area contributed by atoms with Crippen LogP contribution in [0, 0.1) is 10.8 Å². The van der Waals surface area contributed by atoms with Gasteiger partial charge in [-0.25, -0.2) is 0 Å². The Morgan fingerprint density at radius 2 is 1.26 bits per heavy atom. The van der Waals surface area contributed by atoms with Crippen LogP contribution >= 0.6 is 24.8 Å². The van der Waals surface area contributed by atoms with Crippen LogP contribution in [-0.4, -0.2) is 49.1 Å². The minimum absolute atomic E-state index is 0. The van der Waals surface area contributed by atoms with Crippen LogP contribution in [0.15, 0.2) is 0 Å². The number of hydrogen-bond donors (Lipinski definition) is 0. The normalized spacial score (nSPS) is 25.1. The predicted molar refractivity (Wildman–Crippen MR) is 124 cm³/mol. The van der Waals surface area contributed by atoms with Crippen molar-refractivity contribution in [1.29, 1.82) is 0 Å². The van der Waals surface area contributed by atoms with Gasteiger partial charge in [0.25, 0.3) is 0 Å². The first-order valence-electron chi connectivity index (χ1n) is 11.6. The Hall–Kier alpha value is 0.500. The molecule has 1 spiro atoms. The highest BCUT2D eigenvalue weighted by Crippen LogP contribution is 2.53. The monoisotopic (exact) mass is 420 g/mol. The highest BCUT2D eigenvalue weighted by molar-refractivity contribution is 5.85. The molecular formula is C23H46Cl2N2. The molecule has 2 aliphatic heterocycles. The second kappa shape index (κ2) is 12.3. The summed E-state index contributed by atoms with van der Waals surface area (Å²) in [5.41, 5.74) is 1.42. The van der Waals surface area contributed by atoms with E-state index in [0.717, 1.165) is 5.41 Å². The molecule has 0 N–H and O–H groups in total. The average Bonchev–Trinajstić information content (AvgIpc) is 3.03. The maximum absolute atomic E-state index is 2.82. The van der Waals surface area contributed by atoms with Crippen molar-refractivity contribution in [3.05, 3.63) is 0 Å². The molecule has 1 saturated carbocycles. The quantitative estimate of drug-likeness (QED) is 0.438. The average molecular weight is 422 g/mol. The number of piperidine rings is 1. The third-order valence-corrected chi connectivity index (χ3v) is 7.85. The Morgan fingerprint density at radius 1 is 0.667 bits per heavy atom. The number of halogens is 2. The Bertz CT molecular complexity index is 380. The van der Waals surface area contributed by atoms with Gasteiger partial charge in [0.1, 0.15) is 0 Å². The van der Waals surface area contributed by atoms with Crippen molar-refractivity contribution >= 4 is 24.8 Å². The van der Waals surface area contributed by atoms with Gasteiger partial charge in [-0.05, 0) is 108 Å². The molecule has 0 aromatic heterocycles. The molecule has 3 fully saturated rings. The van der Waals surface area contributed by atoms with Crippen LogP contribution < -0.4 is 0 Å². The summed E-state index contributed by atoms with van der Waals surface area (Å²) in [6, 6.07) is 0. The SMILES string of the molecule is CCCC1(CCC)CCC2(CCN(CCCN3CCCCC3)C2)CC1.Cl.Cl. The second-order valence-corrected chi connectivity index (χ2v) is 9.78. The van der Waals surface area contributed by atoms with Crippen molar-refractivity contribution < 1.29 is 0 Å². The molecule has 2 nitrogen and oxygen atoms in total. The molecule has 3 aliphatic rings. The molecule has 27 heavy (non-hydrogen) atoms. The zero-order valence-corrected chi connectivity index (χ0v) is 19.8. The fourth-order valence-corrected chi connectivity index (χ4v) is 6.32. The van der Waals surface area contributed by atoms with Gasteiger partial charge in [-0.2, -0.15) is 0 Å². The van der Waals surface area contributed by atoms with Gasteiger partial charge in [-0.15, -0.1) is 24.8 Å². The molecule has 0 amide bonds. The number of likely N-dealkylation sites (tertiary alicyclic amines) is 2. The third-order valence-electron chi connectivity index (χ3n) is 7.85. The van der Waals surface area contributed by atoms with Crippen molar-refractivity contribution in [2.45, 2.75) is 97.3 Å². The molecule has 0 aromatic rings. The first-order chi connectivity index (χ1) is 12.2. The summed E-state index contributed by atoms with van der Waals surface area (Å²) in [6.07, 6.45) is 19.0. The fraction of sp³-hybridized carbons (Fsp3) is 1.00. The Labute approximate surface area is 182 Å². The van der Waals surface area contributed by atoms with Gasteiger partial charge in [0.2, 0.25) is 0 Å². The first-order valence-corrected chi connectivity index (χ1v) is 11.6. The molecule has 3 rings (SSSR count). The molecule has 0 atom stereocenters. The van der Waals surface area contributed by atoms with E-state index in [-0.39, 0.29) is 24.8 Å². The summed E-state index contributed by atoms with van der Waals surface area (Å²) in [6.45, 7) is 13.0. The van der Waals surface area contributed by atoms with E-state index >= 15 is 0 Å². The maximum atomic E-state index is 2.82. The standard InChI is InChI=1S/C23H44N2.2ClH/c1-3-9-22(10-4-2)11-13-23(14-12-22)15-20-25(21-23)19-8-18-24-16-6-5-7-17-24;;/h3-21H2,1-2H3;2*1H. The summed E-state index contributed by atoms with van der Waals surface area (Å²) in [4.78, 5) is 5.52. The van der Waals surface area contributed by atoms with Gasteiger partial charge in [-0.3, -0.25) is 0 Å². The summed E-state index contributed by atoms with van der Waals surface area (Å²) in [5.74, 6) is 0. The molecule has 4 heteroatoms. The smallest absolute Gasteiger partial charge is 0.00385 e. The molecule has 1 aliphatic carbocycles. The van der Waals surface area contributed by atoms with Crippen molar-refractivity contribution in [3.63, 3.8) is 0 Å². The molecule has 162 valence electrons. The highest BCUT2D eigenvalue weighted by atomic mass is 35.5. The van der Waals surface area contributed by atoms with Crippen LogP contribution in [-0.2, 0) is 0 Å². The zero-order valence-electron chi connectivity index (χ0n) is 18.1. The molecule has 0 bridgehead atoms. The van der Waals surface area contributed by atoms with Crippen molar-refractivity contribution in [2.75, 3.05) is 39.3 Å². The summed E-state index contributed by atoms with van der Waals surface area (Å²) in [7, 11) is 0. The van der Waals surface area contributed by atoms with Gasteiger partial charge >= 0.3 is 0 Å². The van der Waals surface area contributed by atoms with Gasteiger partial charge in [-0.1, -0.05) is 33.1 Å². The summed E-state index contributed by atoms with van der Waals surface area (Å²) in [5, 5.41) is 0. The van der Waals surface area contributed by atoms with E-state index in [1.165, 1.54) is 123 Å². The van der Waals surface area contributed by atoms with E-state index in [0.29, 0.717) is 5.41 Å². The van der Waals surface area contributed by atoms with Crippen molar-refractivity contribution in [3.8, 4) is 0 Å². The lowest BCUT2D eigenvalue weighted by atomic mass is 9.60. The summed E-state index contributed by atoms with van der Waals surface area (Å²) < 4.78 is 0. The highest BCUT2D eigenvalue weighted by Gasteiger charge is 2.44. The molecule has 0 radical (unpaired) electrons. The molecule has 2 saturated heterocycles. The Balaban J connectivity index is 0.00000182. The van der Waals surface area contributed by atoms with Crippen LogP contribution in [0.25, 0.3) is 0 Å². The largest absolute Gasteiger partial charge is 0.303 e. The van der Waals surface area contributed by atoms with Crippen molar-refractivity contribution in [2.24, 2.45) is 10.8 Å². The molecule has 2 heterocycles. The van der Waals surface area contributed by atoms with E-state index in [9.17, 15) is 0 Å². The minimum Gasteiger partial charge on any atom is -0.303 e. The van der Waals surface area contributed by atoms with Crippen LogP contribution in [0.5, 0.6) is 0 Å². The third kappa shape index (κ3) is 7.05. The lowest BCUT2D eigenvalue weighted by Gasteiger charge is -2.45. The fourth-order valence-electron chi connectivity index (χ4n) is 6.32. The second-order valence-electron chi connectivity index (χ2n) is 9.78. The van der Waals surface area contributed by atoms with Gasteiger partial charge in [0, 0.05) is 6.54 Å². The van der Waals surface area contributed by atoms with E-state index in [1.54, 1.807) is 0 Å². The van der Waals surface area contributed by atoms with E-state index < -0.39 is 0 Å². The van der Waals surface area contributed by atoms with E-state index in [4.69, 9.17) is 0 Å². The lowest BCUT2D eigenvalue weighted by molar-refractivity contribution is 0.0643.